The lowest BCUT2D eigenvalue weighted by Gasteiger charge is -2.36. The smallest absolute Gasteiger partial charge is 0.273 e. The number of hydrogen-bond acceptors (Lipinski definition) is 4. The Labute approximate surface area is 121 Å². The van der Waals surface area contributed by atoms with Gasteiger partial charge in [-0.3, -0.25) is 19.8 Å². The van der Waals surface area contributed by atoms with Gasteiger partial charge in [0.2, 0.25) is 0 Å². The minimum atomic E-state index is -0.688. The monoisotopic (exact) mass is 292 g/mol. The van der Waals surface area contributed by atoms with Crippen LogP contribution in [0.25, 0.3) is 6.08 Å². The lowest BCUT2D eigenvalue weighted by molar-refractivity contribution is -0.133. The van der Waals surface area contributed by atoms with Crippen LogP contribution in [0.3, 0.4) is 0 Å². The maximum absolute atomic E-state index is 12.4. The van der Waals surface area contributed by atoms with Crippen molar-refractivity contribution < 1.29 is 14.4 Å². The molecule has 1 aromatic rings. The SMILES string of the molecule is Cc1ccc(/C=C2\C(=O)NC(=O)N(C(C)(C)C)C2=O)s1. The van der Waals surface area contributed by atoms with Crippen LogP contribution >= 0.6 is 11.3 Å². The molecule has 0 bridgehead atoms. The highest BCUT2D eigenvalue weighted by molar-refractivity contribution is 7.12. The summed E-state index contributed by atoms with van der Waals surface area (Å²) in [4.78, 5) is 39.0. The number of nitrogens with one attached hydrogen (secondary N) is 1. The van der Waals surface area contributed by atoms with Crippen molar-refractivity contribution >= 4 is 35.3 Å². The van der Waals surface area contributed by atoms with Crippen molar-refractivity contribution in [2.24, 2.45) is 0 Å². The van der Waals surface area contributed by atoms with Crippen LogP contribution < -0.4 is 5.32 Å². The number of barbiturate groups is 1. The van der Waals surface area contributed by atoms with E-state index in [2.05, 4.69) is 5.32 Å². The second-order valence-electron chi connectivity index (χ2n) is 5.58. The van der Waals surface area contributed by atoms with Gasteiger partial charge in [0.15, 0.2) is 0 Å². The van der Waals surface area contributed by atoms with Crippen molar-refractivity contribution in [3.05, 3.63) is 27.5 Å². The minimum Gasteiger partial charge on any atom is -0.273 e. The Hall–Kier alpha value is -1.95. The summed E-state index contributed by atoms with van der Waals surface area (Å²) >= 11 is 1.48. The molecule has 0 radical (unpaired) electrons. The first kappa shape index (κ1) is 14.5. The average molecular weight is 292 g/mol. The summed E-state index contributed by atoms with van der Waals surface area (Å²) in [6.45, 7) is 7.17. The molecule has 2 rings (SSSR count). The van der Waals surface area contributed by atoms with Crippen molar-refractivity contribution in [2.45, 2.75) is 33.2 Å². The molecule has 0 atom stereocenters. The standard InChI is InChI=1S/C14H16N2O3S/c1-8-5-6-9(20-8)7-10-11(17)15-13(19)16(12(10)18)14(2,3)4/h5-7H,1-4H3,(H,15,17,19)/b10-7+. The second kappa shape index (κ2) is 4.86. The van der Waals surface area contributed by atoms with E-state index in [0.29, 0.717) is 0 Å². The summed E-state index contributed by atoms with van der Waals surface area (Å²) in [5.41, 5.74) is -0.701. The molecule has 6 heteroatoms. The number of carbonyl (C=O) groups excluding carboxylic acids is 3. The molecule has 0 unspecified atom stereocenters. The number of aryl methyl sites for hydroxylation is 1. The zero-order chi connectivity index (χ0) is 15.1. The van der Waals surface area contributed by atoms with E-state index in [9.17, 15) is 14.4 Å². The molecule has 106 valence electrons. The molecule has 0 saturated carbocycles. The molecular formula is C14H16N2O3S. The second-order valence-corrected chi connectivity index (χ2v) is 6.90. The number of thiophene rings is 1. The Kier molecular flexibility index (Phi) is 3.52. The first-order chi connectivity index (χ1) is 9.20. The zero-order valence-corrected chi connectivity index (χ0v) is 12.6. The third-order valence-electron chi connectivity index (χ3n) is 2.82. The Bertz CT molecular complexity index is 623. The highest BCUT2D eigenvalue weighted by Crippen LogP contribution is 2.24. The largest absolute Gasteiger partial charge is 0.331 e. The maximum atomic E-state index is 12.4. The number of rotatable bonds is 1. The fraction of sp³-hybridized carbons (Fsp3) is 0.357. The normalized spacial score (nSPS) is 18.7. The lowest BCUT2D eigenvalue weighted by Crippen LogP contribution is -2.60. The average Bonchev–Trinajstić information content (AvgIpc) is 2.67. The molecule has 20 heavy (non-hydrogen) atoms. The van der Waals surface area contributed by atoms with E-state index in [1.807, 2.05) is 19.1 Å². The zero-order valence-electron chi connectivity index (χ0n) is 11.8. The Morgan fingerprint density at radius 3 is 2.35 bits per heavy atom. The summed E-state index contributed by atoms with van der Waals surface area (Å²) in [5, 5.41) is 2.21. The van der Waals surface area contributed by atoms with Gasteiger partial charge in [-0.15, -0.1) is 11.3 Å². The molecule has 2 heterocycles. The van der Waals surface area contributed by atoms with Gasteiger partial charge in [-0.2, -0.15) is 0 Å². The summed E-state index contributed by atoms with van der Waals surface area (Å²) < 4.78 is 0. The van der Waals surface area contributed by atoms with E-state index in [0.717, 1.165) is 14.7 Å². The van der Waals surface area contributed by atoms with Crippen LogP contribution in [0, 0.1) is 6.92 Å². The van der Waals surface area contributed by atoms with Crippen molar-refractivity contribution in [1.82, 2.24) is 10.2 Å². The van der Waals surface area contributed by atoms with Crippen molar-refractivity contribution in [2.75, 3.05) is 0 Å². The van der Waals surface area contributed by atoms with Gasteiger partial charge in [-0.25, -0.2) is 4.79 Å². The summed E-state index contributed by atoms with van der Waals surface area (Å²) in [6.07, 6.45) is 1.53. The van der Waals surface area contributed by atoms with Crippen LogP contribution in [0.15, 0.2) is 17.7 Å². The summed E-state index contributed by atoms with van der Waals surface area (Å²) in [7, 11) is 0. The predicted molar refractivity (Wildman–Crippen MR) is 77.2 cm³/mol. The molecule has 1 N–H and O–H groups in total. The predicted octanol–water partition coefficient (Wildman–Crippen LogP) is 2.32. The van der Waals surface area contributed by atoms with Crippen LogP contribution in [0.2, 0.25) is 0 Å². The third kappa shape index (κ3) is 2.65. The van der Waals surface area contributed by atoms with E-state index in [1.165, 1.54) is 17.4 Å². The molecule has 4 amide bonds. The number of urea groups is 1. The molecule has 1 saturated heterocycles. The first-order valence-electron chi connectivity index (χ1n) is 6.18. The van der Waals surface area contributed by atoms with Gasteiger partial charge >= 0.3 is 6.03 Å². The molecular weight excluding hydrogens is 276 g/mol. The third-order valence-corrected chi connectivity index (χ3v) is 3.77. The van der Waals surface area contributed by atoms with Crippen molar-refractivity contribution in [3.63, 3.8) is 0 Å². The molecule has 1 aliphatic rings. The molecule has 5 nitrogen and oxygen atoms in total. The lowest BCUT2D eigenvalue weighted by atomic mass is 10.0. The topological polar surface area (TPSA) is 66.5 Å². The van der Waals surface area contributed by atoms with Gasteiger partial charge < -0.3 is 0 Å². The number of hydrogen-bond donors (Lipinski definition) is 1. The molecule has 0 spiro atoms. The minimum absolute atomic E-state index is 0.0126. The van der Waals surface area contributed by atoms with Gasteiger partial charge in [0.1, 0.15) is 5.57 Å². The maximum Gasteiger partial charge on any atom is 0.331 e. The van der Waals surface area contributed by atoms with Gasteiger partial charge in [0.05, 0.1) is 0 Å². The van der Waals surface area contributed by atoms with Crippen LogP contribution in [0.4, 0.5) is 4.79 Å². The van der Waals surface area contributed by atoms with Gasteiger partial charge in [0, 0.05) is 15.3 Å². The Balaban J connectivity index is 2.42. The first-order valence-corrected chi connectivity index (χ1v) is 7.00. The molecule has 0 aliphatic carbocycles. The molecule has 0 aromatic carbocycles. The number of amides is 4. The highest BCUT2D eigenvalue weighted by Gasteiger charge is 2.41. The number of nitrogens with zero attached hydrogens (tertiary/aromatic N) is 1. The Morgan fingerprint density at radius 1 is 1.20 bits per heavy atom. The molecule has 1 aromatic heterocycles. The van der Waals surface area contributed by atoms with E-state index in [1.54, 1.807) is 20.8 Å². The van der Waals surface area contributed by atoms with Crippen molar-refractivity contribution in [1.29, 1.82) is 0 Å². The number of carbonyl (C=O) groups is 3. The van der Waals surface area contributed by atoms with Crippen molar-refractivity contribution in [3.8, 4) is 0 Å². The van der Waals surface area contributed by atoms with E-state index in [-0.39, 0.29) is 5.57 Å². The van der Waals surface area contributed by atoms with Crippen LogP contribution in [0.5, 0.6) is 0 Å². The fourth-order valence-corrected chi connectivity index (χ4v) is 2.76. The molecule has 1 aliphatic heterocycles. The van der Waals surface area contributed by atoms with Gasteiger partial charge in [0.25, 0.3) is 11.8 Å². The van der Waals surface area contributed by atoms with Crippen LogP contribution in [-0.2, 0) is 9.59 Å². The van der Waals surface area contributed by atoms with E-state index < -0.39 is 23.4 Å². The summed E-state index contributed by atoms with van der Waals surface area (Å²) in [6, 6.07) is 3.08. The Morgan fingerprint density at radius 2 is 1.85 bits per heavy atom. The quantitative estimate of drug-likeness (QED) is 0.638. The van der Waals surface area contributed by atoms with Gasteiger partial charge in [-0.05, 0) is 45.9 Å². The van der Waals surface area contributed by atoms with E-state index >= 15 is 0 Å². The van der Waals surface area contributed by atoms with Crippen LogP contribution in [0.1, 0.15) is 30.5 Å². The fourth-order valence-electron chi connectivity index (χ4n) is 1.94. The van der Waals surface area contributed by atoms with Gasteiger partial charge in [-0.1, -0.05) is 0 Å². The van der Waals surface area contributed by atoms with Crippen LogP contribution in [-0.4, -0.2) is 28.3 Å². The molecule has 1 fully saturated rings. The van der Waals surface area contributed by atoms with E-state index in [4.69, 9.17) is 0 Å². The summed E-state index contributed by atoms with van der Waals surface area (Å²) in [5.74, 6) is -1.20. The highest BCUT2D eigenvalue weighted by atomic mass is 32.1. The number of imide groups is 2.